The summed E-state index contributed by atoms with van der Waals surface area (Å²) in [6, 6.07) is 4.12. The lowest BCUT2D eigenvalue weighted by atomic mass is 10.1. The second-order valence-corrected chi connectivity index (χ2v) is 5.16. The first-order valence-corrected chi connectivity index (χ1v) is 8.12. The fraction of sp³-hybridized carbons (Fsp3) is 0.412. The minimum atomic E-state index is -2.86. The summed E-state index contributed by atoms with van der Waals surface area (Å²) in [5.74, 6) is -0.579. The van der Waals surface area contributed by atoms with E-state index in [4.69, 9.17) is 11.6 Å². The van der Waals surface area contributed by atoms with Crippen molar-refractivity contribution < 1.29 is 13.2 Å². The van der Waals surface area contributed by atoms with Crippen LogP contribution in [0.4, 0.5) is 13.2 Å². The fourth-order valence-corrected chi connectivity index (χ4v) is 2.48. The van der Waals surface area contributed by atoms with Crippen molar-refractivity contribution in [1.29, 1.82) is 0 Å². The lowest BCUT2D eigenvalue weighted by Crippen LogP contribution is -2.16. The summed E-state index contributed by atoms with van der Waals surface area (Å²) in [5, 5.41) is 3.03. The van der Waals surface area contributed by atoms with Crippen LogP contribution in [0.2, 0.25) is 0 Å². The van der Waals surface area contributed by atoms with Gasteiger partial charge >= 0.3 is 0 Å². The molecule has 0 saturated heterocycles. The molecule has 0 aliphatic carbocycles. The first-order chi connectivity index (χ1) is 11.5. The zero-order valence-electron chi connectivity index (χ0n) is 13.8. The van der Waals surface area contributed by atoms with E-state index in [1.807, 2.05) is 13.8 Å². The highest BCUT2D eigenvalue weighted by atomic mass is 35.5. The first kappa shape index (κ1) is 20.2. The number of hydrogen-bond acceptors (Lipinski definition) is 2. The Labute approximate surface area is 145 Å². The van der Waals surface area contributed by atoms with E-state index >= 15 is 0 Å². The summed E-state index contributed by atoms with van der Waals surface area (Å²) >= 11 is 5.71. The van der Waals surface area contributed by atoms with Crippen LogP contribution in [0.25, 0.3) is 0 Å². The van der Waals surface area contributed by atoms with E-state index in [2.05, 4.69) is 22.0 Å². The van der Waals surface area contributed by atoms with Crippen molar-refractivity contribution in [3.05, 3.63) is 46.4 Å². The van der Waals surface area contributed by atoms with Gasteiger partial charge in [-0.15, -0.1) is 11.6 Å². The predicted octanol–water partition coefficient (Wildman–Crippen LogP) is 5.22. The van der Waals surface area contributed by atoms with E-state index in [0.29, 0.717) is 18.7 Å². The predicted molar refractivity (Wildman–Crippen MR) is 93.5 cm³/mol. The third kappa shape index (κ3) is 5.09. The molecule has 24 heavy (non-hydrogen) atoms. The Kier molecular flexibility index (Phi) is 8.54. The Morgan fingerprint density at radius 3 is 2.50 bits per heavy atom. The number of aliphatic imine (C=N–C) groups is 2. The van der Waals surface area contributed by atoms with Crippen LogP contribution in [-0.4, -0.2) is 18.6 Å². The SMILES string of the molecule is C=NC(=NCc1cccc(C(F)F)c1F)/C(CC)=C(/CC)NCCl. The number of benzene rings is 1. The van der Waals surface area contributed by atoms with E-state index in [9.17, 15) is 13.2 Å². The van der Waals surface area contributed by atoms with Crippen molar-refractivity contribution in [3.8, 4) is 0 Å². The molecular formula is C17H21ClF3N3. The van der Waals surface area contributed by atoms with Crippen molar-refractivity contribution in [2.24, 2.45) is 9.98 Å². The van der Waals surface area contributed by atoms with Gasteiger partial charge in [-0.05, 0) is 19.6 Å². The highest BCUT2D eigenvalue weighted by molar-refractivity contribution is 6.17. The number of amidine groups is 1. The molecule has 3 nitrogen and oxygen atoms in total. The van der Waals surface area contributed by atoms with Crippen molar-refractivity contribution in [1.82, 2.24) is 5.32 Å². The number of hydrogen-bond donors (Lipinski definition) is 1. The molecule has 0 amide bonds. The molecule has 0 aliphatic heterocycles. The van der Waals surface area contributed by atoms with Crippen molar-refractivity contribution in [3.63, 3.8) is 0 Å². The maximum Gasteiger partial charge on any atom is 0.266 e. The maximum atomic E-state index is 14.1. The maximum absolute atomic E-state index is 14.1. The quantitative estimate of drug-likeness (QED) is 0.294. The lowest BCUT2D eigenvalue weighted by Gasteiger charge is -2.13. The molecule has 0 spiro atoms. The van der Waals surface area contributed by atoms with Crippen LogP contribution in [0.15, 0.2) is 39.5 Å². The van der Waals surface area contributed by atoms with Crippen LogP contribution in [0.1, 0.15) is 44.2 Å². The summed E-state index contributed by atoms with van der Waals surface area (Å²) < 4.78 is 39.6. The van der Waals surface area contributed by atoms with Gasteiger partial charge in [-0.2, -0.15) is 0 Å². The molecule has 0 atom stereocenters. The zero-order chi connectivity index (χ0) is 18.1. The number of alkyl halides is 3. The van der Waals surface area contributed by atoms with E-state index < -0.39 is 17.8 Å². The molecule has 132 valence electrons. The molecular weight excluding hydrogens is 339 g/mol. The zero-order valence-corrected chi connectivity index (χ0v) is 14.5. The fourth-order valence-electron chi connectivity index (χ4n) is 2.32. The van der Waals surface area contributed by atoms with Crippen LogP contribution < -0.4 is 5.32 Å². The average Bonchev–Trinajstić information content (AvgIpc) is 2.57. The molecule has 1 N–H and O–H groups in total. The minimum absolute atomic E-state index is 0.0905. The Bertz CT molecular complexity index is 628. The average molecular weight is 360 g/mol. The highest BCUT2D eigenvalue weighted by Gasteiger charge is 2.16. The van der Waals surface area contributed by atoms with Crippen molar-refractivity contribution in [2.45, 2.75) is 39.7 Å². The van der Waals surface area contributed by atoms with Gasteiger partial charge in [-0.3, -0.25) is 4.99 Å². The third-order valence-electron chi connectivity index (χ3n) is 3.51. The number of rotatable bonds is 8. The third-order valence-corrected chi connectivity index (χ3v) is 3.65. The topological polar surface area (TPSA) is 36.8 Å². The molecule has 1 aromatic carbocycles. The smallest absolute Gasteiger partial charge is 0.266 e. The second kappa shape index (κ2) is 10.1. The van der Waals surface area contributed by atoms with Crippen LogP contribution in [0.5, 0.6) is 0 Å². The van der Waals surface area contributed by atoms with E-state index in [0.717, 1.165) is 17.3 Å². The summed E-state index contributed by atoms with van der Waals surface area (Å²) in [4.78, 5) is 8.16. The Morgan fingerprint density at radius 2 is 2.00 bits per heavy atom. The van der Waals surface area contributed by atoms with Crippen molar-refractivity contribution >= 4 is 24.2 Å². The normalized spacial score (nSPS) is 13.0. The molecule has 0 aliphatic rings. The Balaban J connectivity index is 3.18. The van der Waals surface area contributed by atoms with Gasteiger partial charge in [0, 0.05) is 16.8 Å². The summed E-state index contributed by atoms with van der Waals surface area (Å²) in [5.41, 5.74) is 1.16. The van der Waals surface area contributed by atoms with Gasteiger partial charge in [0.2, 0.25) is 0 Å². The number of halogens is 4. The molecule has 0 aromatic heterocycles. The summed E-state index contributed by atoms with van der Waals surface area (Å²) in [7, 11) is 0. The molecule has 7 heteroatoms. The van der Waals surface area contributed by atoms with Crippen molar-refractivity contribution in [2.75, 3.05) is 6.00 Å². The van der Waals surface area contributed by atoms with Gasteiger partial charge in [0.25, 0.3) is 6.43 Å². The van der Waals surface area contributed by atoms with Crippen LogP contribution in [0, 0.1) is 5.82 Å². The van der Waals surface area contributed by atoms with Gasteiger partial charge in [0.1, 0.15) is 5.82 Å². The van der Waals surface area contributed by atoms with Crippen LogP contribution >= 0.6 is 11.6 Å². The van der Waals surface area contributed by atoms with E-state index in [-0.39, 0.29) is 18.1 Å². The van der Waals surface area contributed by atoms with Gasteiger partial charge in [0.05, 0.1) is 18.1 Å². The molecule has 0 unspecified atom stereocenters. The molecule has 0 bridgehead atoms. The monoisotopic (exact) mass is 359 g/mol. The molecule has 0 fully saturated rings. The number of allylic oxidation sites excluding steroid dienone is 1. The second-order valence-electron chi connectivity index (χ2n) is 4.89. The first-order valence-electron chi connectivity index (χ1n) is 7.58. The molecule has 0 saturated carbocycles. The molecule has 0 heterocycles. The summed E-state index contributed by atoms with van der Waals surface area (Å²) in [6.07, 6.45) is -1.54. The Hall–Kier alpha value is -1.82. The van der Waals surface area contributed by atoms with Crippen LogP contribution in [0.3, 0.4) is 0 Å². The number of nitrogens with one attached hydrogen (secondary N) is 1. The van der Waals surface area contributed by atoms with Gasteiger partial charge in [-0.1, -0.05) is 32.0 Å². The van der Waals surface area contributed by atoms with Gasteiger partial charge in [-0.25, -0.2) is 18.2 Å². The number of nitrogens with zero attached hydrogens (tertiary/aromatic N) is 2. The van der Waals surface area contributed by atoms with E-state index in [1.54, 1.807) is 0 Å². The summed E-state index contributed by atoms with van der Waals surface area (Å²) in [6.45, 7) is 7.29. The largest absolute Gasteiger partial charge is 0.375 e. The molecule has 1 rings (SSSR count). The molecule has 1 aromatic rings. The van der Waals surface area contributed by atoms with Gasteiger partial charge < -0.3 is 5.32 Å². The minimum Gasteiger partial charge on any atom is -0.375 e. The Morgan fingerprint density at radius 1 is 1.29 bits per heavy atom. The lowest BCUT2D eigenvalue weighted by molar-refractivity contribution is 0.146. The highest BCUT2D eigenvalue weighted by Crippen LogP contribution is 2.24. The molecule has 0 radical (unpaired) electrons. The van der Waals surface area contributed by atoms with E-state index in [1.165, 1.54) is 12.1 Å². The van der Waals surface area contributed by atoms with Crippen LogP contribution in [-0.2, 0) is 6.54 Å². The standard InChI is InChI=1S/C17H21ClF3N3/c1-4-12(14(5-2)24-10-18)17(22-3)23-9-11-7-6-8-13(15(11)19)16(20)21/h6-8,16,24H,3-5,9-10H2,1-2H3/b14-12-,23-17?. The van der Waals surface area contributed by atoms with Gasteiger partial charge in [0.15, 0.2) is 5.84 Å².